The molecule has 11 nitrogen and oxygen atoms in total. The average molecular weight is 900 g/mol. The molecule has 0 fully saturated rings. The topological polar surface area (TPSA) is 242 Å². The summed E-state index contributed by atoms with van der Waals surface area (Å²) in [4.78, 5) is 37.1. The molecule has 296 valence electrons. The fourth-order valence-corrected chi connectivity index (χ4v) is 5.28. The van der Waals surface area contributed by atoms with Gasteiger partial charge in [-0.1, -0.05) is 194 Å². The number of hydrogen-bond acceptors (Lipinski definition) is 11. The van der Waals surface area contributed by atoms with Crippen molar-refractivity contribution in [3.05, 3.63) is 0 Å². The van der Waals surface area contributed by atoms with Crippen molar-refractivity contribution in [3.8, 4) is 0 Å². The molecular formula is C38H73NO10Zn3. The molecule has 0 saturated heterocycles. The average Bonchev–Trinajstić information content (AvgIpc) is 3.00. The summed E-state index contributed by atoms with van der Waals surface area (Å²) >= 11 is 0. The Kier molecular flexibility index (Phi) is 86.8. The van der Waals surface area contributed by atoms with Crippen LogP contribution >= 0.6 is 0 Å². The Bertz CT molecular complexity index is 629. The van der Waals surface area contributed by atoms with Crippen LogP contribution in [0.5, 0.6) is 0 Å². The van der Waals surface area contributed by atoms with Crippen molar-refractivity contribution in [1.29, 1.82) is 0 Å². The van der Waals surface area contributed by atoms with Crippen LogP contribution in [0.3, 0.4) is 0 Å². The Morgan fingerprint density at radius 1 is 0.288 bits per heavy atom. The maximum absolute atomic E-state index is 10.2. The van der Waals surface area contributed by atoms with E-state index in [1.807, 2.05) is 0 Å². The van der Waals surface area contributed by atoms with Gasteiger partial charge in [-0.25, -0.2) is 0 Å². The zero-order valence-corrected chi connectivity index (χ0v) is 42.4. The molecule has 0 aromatic heterocycles. The molecule has 14 heteroatoms. The Morgan fingerprint density at radius 3 is 0.519 bits per heavy atom. The van der Waals surface area contributed by atoms with Crippen LogP contribution in [0, 0.1) is 0 Å². The van der Waals surface area contributed by atoms with Crippen LogP contribution in [-0.4, -0.2) is 24.2 Å². The Labute approximate surface area is 355 Å². The van der Waals surface area contributed by atoms with Crippen LogP contribution in [-0.2, 0) is 68.0 Å². The number of carbonyl (C=O) groups is 4. The molecule has 0 atom stereocenters. The van der Waals surface area contributed by atoms with Crippen molar-refractivity contribution < 1.29 is 108 Å². The minimum Gasteiger partial charge on any atom is -0.652 e. The largest absolute Gasteiger partial charge is 2.00 e. The van der Waals surface area contributed by atoms with Gasteiger partial charge < -0.3 is 56.0 Å². The summed E-state index contributed by atoms with van der Waals surface area (Å²) < 4.78 is 0. The number of aliphatic carboxylic acids is 2. The predicted molar refractivity (Wildman–Crippen MR) is 185 cm³/mol. The summed E-state index contributed by atoms with van der Waals surface area (Å²) in [6.45, 7) is 4.53. The second kappa shape index (κ2) is 65.2. The second-order valence-corrected chi connectivity index (χ2v) is 12.6. The first-order chi connectivity index (χ1) is 23.0. The monoisotopic (exact) mass is 895 g/mol. The zero-order chi connectivity index (χ0) is 36.9. The third kappa shape index (κ3) is 104. The summed E-state index contributed by atoms with van der Waals surface area (Å²) in [7, 11) is 0. The van der Waals surface area contributed by atoms with Gasteiger partial charge in [-0.05, 0) is 38.0 Å². The van der Waals surface area contributed by atoms with Crippen molar-refractivity contribution >= 4 is 24.2 Å². The summed E-state index contributed by atoms with van der Waals surface area (Å²) in [5, 5.41) is 53.8. The Morgan fingerprint density at radius 2 is 0.404 bits per heavy atom. The molecule has 0 aliphatic carbocycles. The van der Waals surface area contributed by atoms with E-state index in [0.29, 0.717) is 0 Å². The fourth-order valence-electron chi connectivity index (χ4n) is 5.28. The number of hydrogen-bond donors (Lipinski definition) is 1. The smallest absolute Gasteiger partial charge is 0.652 e. The van der Waals surface area contributed by atoms with Crippen LogP contribution < -0.4 is 36.8 Å². The number of carbonyl (C=O) groups excluding carboxylic acids is 4. The van der Waals surface area contributed by atoms with Crippen LogP contribution in [0.15, 0.2) is 0 Å². The van der Waals surface area contributed by atoms with Gasteiger partial charge in [0.25, 0.3) is 0 Å². The van der Waals surface area contributed by atoms with Gasteiger partial charge in [0.15, 0.2) is 0 Å². The van der Waals surface area contributed by atoms with Crippen molar-refractivity contribution in [1.82, 2.24) is 6.15 Å². The van der Waals surface area contributed by atoms with Gasteiger partial charge in [-0.3, -0.25) is 0 Å². The van der Waals surface area contributed by atoms with Crippen LogP contribution in [0.4, 0.5) is 9.59 Å². The van der Waals surface area contributed by atoms with E-state index < -0.39 is 24.2 Å². The molecule has 0 aromatic carbocycles. The van der Waals surface area contributed by atoms with E-state index in [1.54, 1.807) is 0 Å². The molecular weight excluding hydrogens is 827 g/mol. The summed E-state index contributed by atoms with van der Waals surface area (Å²) in [6.07, 6.45) is 35.0. The number of carboxylic acid groups (broad SMARTS) is 6. The first-order valence-electron chi connectivity index (χ1n) is 19.2. The fraction of sp³-hybridized carbons (Fsp3) is 0.895. The third-order valence-electron chi connectivity index (χ3n) is 7.97. The first-order valence-corrected chi connectivity index (χ1v) is 19.2. The van der Waals surface area contributed by atoms with Crippen molar-refractivity contribution in [3.63, 3.8) is 0 Å². The van der Waals surface area contributed by atoms with Crippen LogP contribution in [0.1, 0.15) is 219 Å². The molecule has 0 aliphatic heterocycles. The Balaban J connectivity index is -0.0000000962. The quantitative estimate of drug-likeness (QED) is 0.0675. The van der Waals surface area contributed by atoms with E-state index in [4.69, 9.17) is 30.0 Å². The SMILES string of the molecule is CCCCCCCCCCCCCCCCCC(=O)[O-].CCCCCCCCCCCCCCCCCC(=O)[O-].N.O=C([O-])[O-].O=C([O-])[O-].[Zn+2].[Zn+2].[Zn+2]. The van der Waals surface area contributed by atoms with E-state index in [0.717, 1.165) is 25.7 Å². The summed E-state index contributed by atoms with van der Waals surface area (Å²) in [5.41, 5.74) is 0. The van der Waals surface area contributed by atoms with Gasteiger partial charge in [0.1, 0.15) is 0 Å². The maximum Gasteiger partial charge on any atom is 2.00 e. The van der Waals surface area contributed by atoms with E-state index >= 15 is 0 Å². The molecule has 0 radical (unpaired) electrons. The summed E-state index contributed by atoms with van der Waals surface area (Å²) in [5.74, 6) is -1.81. The maximum atomic E-state index is 10.2. The number of carboxylic acids is 2. The normalized spacial score (nSPS) is 9.27. The van der Waals surface area contributed by atoms with Gasteiger partial charge >= 0.3 is 58.4 Å². The van der Waals surface area contributed by atoms with E-state index in [-0.39, 0.29) is 77.4 Å². The van der Waals surface area contributed by atoms with E-state index in [2.05, 4.69) is 13.8 Å². The number of unbranched alkanes of at least 4 members (excludes halogenated alkanes) is 28. The van der Waals surface area contributed by atoms with Crippen molar-refractivity contribution in [2.45, 2.75) is 219 Å². The minimum atomic E-state index is -2.33. The van der Waals surface area contributed by atoms with Gasteiger partial charge in [0, 0.05) is 11.9 Å². The molecule has 0 aromatic rings. The molecule has 0 heterocycles. The van der Waals surface area contributed by atoms with Gasteiger partial charge in [-0.15, -0.1) is 0 Å². The van der Waals surface area contributed by atoms with Crippen LogP contribution in [0.2, 0.25) is 0 Å². The molecule has 0 rings (SSSR count). The predicted octanol–water partition coefficient (Wildman–Crippen LogP) is 5.26. The Hall–Kier alpha value is -0.690. The number of rotatable bonds is 32. The molecule has 52 heavy (non-hydrogen) atoms. The third-order valence-corrected chi connectivity index (χ3v) is 7.97. The van der Waals surface area contributed by atoms with Gasteiger partial charge in [-0.2, -0.15) is 0 Å². The standard InChI is InChI=1S/2C18H36O2.2CH2O3.H3N.3Zn/c2*1-2-3-4-5-6-7-8-9-10-11-12-13-14-15-16-17-18(19)20;2*2-1(3)4;;;;/h2*2-17H2,1H3,(H,19,20);2*(H2,2,3,4);1H3;;;/q;;;;;3*+2/p-6. The minimum absolute atomic E-state index is 0. The first kappa shape index (κ1) is 69.2. The molecule has 0 aliphatic rings. The summed E-state index contributed by atoms with van der Waals surface area (Å²) in [6, 6.07) is 0. The van der Waals surface area contributed by atoms with E-state index in [9.17, 15) is 19.8 Å². The van der Waals surface area contributed by atoms with E-state index in [1.165, 1.54) is 167 Å². The molecule has 0 spiro atoms. The second-order valence-electron chi connectivity index (χ2n) is 12.6. The van der Waals surface area contributed by atoms with Crippen LogP contribution in [0.25, 0.3) is 0 Å². The molecule has 3 N–H and O–H groups in total. The molecule has 0 bridgehead atoms. The van der Waals surface area contributed by atoms with Gasteiger partial charge in [0.2, 0.25) is 0 Å². The van der Waals surface area contributed by atoms with Crippen molar-refractivity contribution in [2.75, 3.05) is 0 Å². The molecule has 0 amide bonds. The van der Waals surface area contributed by atoms with Gasteiger partial charge in [0.05, 0.1) is 0 Å². The molecule has 0 saturated carbocycles. The zero-order valence-electron chi connectivity index (χ0n) is 33.5. The molecule has 0 unspecified atom stereocenters. The van der Waals surface area contributed by atoms with Crippen molar-refractivity contribution in [2.24, 2.45) is 0 Å².